The normalized spacial score (nSPS) is 21.5. The molecule has 23 heavy (non-hydrogen) atoms. The van der Waals surface area contributed by atoms with Gasteiger partial charge in [-0.05, 0) is 37.1 Å². The Labute approximate surface area is 135 Å². The van der Waals surface area contributed by atoms with Crippen molar-refractivity contribution in [2.45, 2.75) is 43.2 Å². The predicted octanol–water partition coefficient (Wildman–Crippen LogP) is 0.687. The van der Waals surface area contributed by atoms with E-state index in [1.807, 2.05) is 0 Å². The van der Waals surface area contributed by atoms with Gasteiger partial charge in [0.1, 0.15) is 0 Å². The Bertz CT molecular complexity index is 726. The second-order valence-corrected chi connectivity index (χ2v) is 7.72. The van der Waals surface area contributed by atoms with Crippen LogP contribution in [0.2, 0.25) is 0 Å². The van der Waals surface area contributed by atoms with E-state index in [9.17, 15) is 18.0 Å². The molecule has 7 nitrogen and oxygen atoms in total. The van der Waals surface area contributed by atoms with Crippen LogP contribution in [0.4, 0.5) is 5.69 Å². The molecular weight excluding hydrogens is 318 g/mol. The molecule has 2 fully saturated rings. The zero-order valence-corrected chi connectivity index (χ0v) is 13.6. The van der Waals surface area contributed by atoms with E-state index in [0.29, 0.717) is 18.3 Å². The molecule has 2 amide bonds. The Kier molecular flexibility index (Phi) is 4.11. The lowest BCUT2D eigenvalue weighted by Crippen LogP contribution is -2.37. The van der Waals surface area contributed by atoms with Crippen LogP contribution in [0.1, 0.15) is 26.2 Å². The summed E-state index contributed by atoms with van der Waals surface area (Å²) in [5.74, 6) is -0.204. The fraction of sp³-hybridized carbons (Fsp3) is 0.467. The third-order valence-electron chi connectivity index (χ3n) is 3.95. The van der Waals surface area contributed by atoms with Crippen molar-refractivity contribution in [3.8, 4) is 0 Å². The summed E-state index contributed by atoms with van der Waals surface area (Å²) in [6.07, 6.45) is 2.23. The van der Waals surface area contributed by atoms with Gasteiger partial charge < -0.3 is 10.2 Å². The molecule has 2 aliphatic rings. The minimum atomic E-state index is -3.68. The maximum Gasteiger partial charge on any atom is 0.240 e. The Morgan fingerprint density at radius 1 is 1.22 bits per heavy atom. The van der Waals surface area contributed by atoms with Gasteiger partial charge in [0.25, 0.3) is 0 Å². The molecule has 1 saturated heterocycles. The highest BCUT2D eigenvalue weighted by Gasteiger charge is 2.40. The molecule has 1 saturated carbocycles. The van der Waals surface area contributed by atoms with Gasteiger partial charge >= 0.3 is 0 Å². The number of likely N-dealkylation sites (tertiary alicyclic amines) is 1. The number of nitrogens with one attached hydrogen (secondary N) is 2. The Hall–Kier alpha value is -1.93. The largest absolute Gasteiger partial charge is 0.338 e. The molecule has 0 aromatic heterocycles. The van der Waals surface area contributed by atoms with Gasteiger partial charge in [-0.3, -0.25) is 9.59 Å². The highest BCUT2D eigenvalue weighted by atomic mass is 32.2. The molecule has 1 aromatic carbocycles. The Morgan fingerprint density at radius 3 is 2.43 bits per heavy atom. The third kappa shape index (κ3) is 3.70. The van der Waals surface area contributed by atoms with Gasteiger partial charge in [0.2, 0.25) is 21.8 Å². The molecule has 1 unspecified atom stereocenters. The van der Waals surface area contributed by atoms with Gasteiger partial charge in [0.15, 0.2) is 0 Å². The molecule has 1 aliphatic carbocycles. The number of amides is 2. The summed E-state index contributed by atoms with van der Waals surface area (Å²) in [7, 11) is -3.68. The van der Waals surface area contributed by atoms with Crippen LogP contribution in [-0.4, -0.2) is 43.8 Å². The number of carbonyl (C=O) groups is 2. The number of sulfonamides is 1. The van der Waals surface area contributed by atoms with Crippen LogP contribution < -0.4 is 10.0 Å². The Balaban J connectivity index is 1.67. The van der Waals surface area contributed by atoms with E-state index in [0.717, 1.165) is 12.8 Å². The van der Waals surface area contributed by atoms with Crippen LogP contribution >= 0.6 is 0 Å². The summed E-state index contributed by atoms with van der Waals surface area (Å²) < 4.78 is 27.4. The number of benzene rings is 1. The molecule has 124 valence electrons. The summed E-state index contributed by atoms with van der Waals surface area (Å²) >= 11 is 0. The fourth-order valence-corrected chi connectivity index (χ4v) is 3.99. The maximum absolute atomic E-state index is 12.4. The van der Waals surface area contributed by atoms with Crippen molar-refractivity contribution in [1.29, 1.82) is 0 Å². The van der Waals surface area contributed by atoms with Gasteiger partial charge in [-0.15, -0.1) is 0 Å². The number of hydrogen-bond acceptors (Lipinski definition) is 4. The summed E-state index contributed by atoms with van der Waals surface area (Å²) in [5.41, 5.74) is 0.535. The molecule has 2 N–H and O–H groups in total. The SMILES string of the molecule is CC(=O)Nc1ccc(S(=O)(=O)NC2CC(=O)N(C3CC3)C2)cc1. The maximum atomic E-state index is 12.4. The predicted molar refractivity (Wildman–Crippen MR) is 84.2 cm³/mol. The van der Waals surface area contributed by atoms with Crippen LogP contribution in [0.25, 0.3) is 0 Å². The van der Waals surface area contributed by atoms with E-state index in [1.165, 1.54) is 31.2 Å². The fourth-order valence-electron chi connectivity index (χ4n) is 2.76. The molecule has 1 heterocycles. The standard InChI is InChI=1S/C15H19N3O4S/c1-10(19)16-11-2-6-14(7-3-11)23(21,22)17-12-8-15(20)18(9-12)13-4-5-13/h2-3,6-7,12-13,17H,4-5,8-9H2,1H3,(H,16,19). The first-order valence-electron chi connectivity index (χ1n) is 7.54. The zero-order chi connectivity index (χ0) is 16.6. The van der Waals surface area contributed by atoms with Crippen LogP contribution in [0.5, 0.6) is 0 Å². The van der Waals surface area contributed by atoms with Crippen molar-refractivity contribution in [3.05, 3.63) is 24.3 Å². The number of rotatable bonds is 5. The van der Waals surface area contributed by atoms with Gasteiger partial charge in [-0.25, -0.2) is 13.1 Å². The third-order valence-corrected chi connectivity index (χ3v) is 5.49. The molecule has 1 aromatic rings. The topological polar surface area (TPSA) is 95.6 Å². The quantitative estimate of drug-likeness (QED) is 0.826. The first kappa shape index (κ1) is 15.9. The first-order valence-corrected chi connectivity index (χ1v) is 9.03. The smallest absolute Gasteiger partial charge is 0.240 e. The molecule has 1 aliphatic heterocycles. The zero-order valence-electron chi connectivity index (χ0n) is 12.8. The van der Waals surface area contributed by atoms with E-state index in [-0.39, 0.29) is 29.2 Å². The average molecular weight is 337 g/mol. The van der Waals surface area contributed by atoms with Gasteiger partial charge in [0.05, 0.1) is 4.90 Å². The van der Waals surface area contributed by atoms with E-state index < -0.39 is 10.0 Å². The summed E-state index contributed by atoms with van der Waals surface area (Å²) in [5, 5.41) is 2.58. The lowest BCUT2D eigenvalue weighted by atomic mass is 10.3. The first-order chi connectivity index (χ1) is 10.8. The van der Waals surface area contributed by atoms with E-state index in [4.69, 9.17) is 0 Å². The molecule has 0 spiro atoms. The van der Waals surface area contributed by atoms with Crippen molar-refractivity contribution in [2.24, 2.45) is 0 Å². The minimum Gasteiger partial charge on any atom is -0.338 e. The van der Waals surface area contributed by atoms with Gasteiger partial charge in [0, 0.05) is 37.7 Å². The summed E-state index contributed by atoms with van der Waals surface area (Å²) in [4.78, 5) is 24.7. The van der Waals surface area contributed by atoms with Gasteiger partial charge in [-0.1, -0.05) is 0 Å². The summed E-state index contributed by atoms with van der Waals surface area (Å²) in [6.45, 7) is 1.82. The van der Waals surface area contributed by atoms with Crippen molar-refractivity contribution in [2.75, 3.05) is 11.9 Å². The second-order valence-electron chi connectivity index (χ2n) is 6.01. The molecule has 0 radical (unpaired) electrons. The van der Waals surface area contributed by atoms with Crippen LogP contribution in [0.3, 0.4) is 0 Å². The lowest BCUT2D eigenvalue weighted by molar-refractivity contribution is -0.128. The highest BCUT2D eigenvalue weighted by Crippen LogP contribution is 2.31. The lowest BCUT2D eigenvalue weighted by Gasteiger charge is -2.16. The van der Waals surface area contributed by atoms with Crippen LogP contribution in [0.15, 0.2) is 29.2 Å². The average Bonchev–Trinajstić information content (AvgIpc) is 3.23. The number of anilines is 1. The highest BCUT2D eigenvalue weighted by molar-refractivity contribution is 7.89. The monoisotopic (exact) mass is 337 g/mol. The van der Waals surface area contributed by atoms with Crippen LogP contribution in [0, 0.1) is 0 Å². The van der Waals surface area contributed by atoms with Crippen LogP contribution in [-0.2, 0) is 19.6 Å². The number of carbonyl (C=O) groups excluding carboxylic acids is 2. The van der Waals surface area contributed by atoms with Crippen molar-refractivity contribution in [3.63, 3.8) is 0 Å². The van der Waals surface area contributed by atoms with E-state index in [1.54, 1.807) is 4.90 Å². The minimum absolute atomic E-state index is 0.0150. The number of nitrogens with zero attached hydrogens (tertiary/aromatic N) is 1. The molecular formula is C15H19N3O4S. The van der Waals surface area contributed by atoms with Gasteiger partial charge in [-0.2, -0.15) is 0 Å². The van der Waals surface area contributed by atoms with E-state index in [2.05, 4.69) is 10.0 Å². The second kappa shape index (κ2) is 5.93. The molecule has 0 bridgehead atoms. The molecule has 1 atom stereocenters. The number of hydrogen-bond donors (Lipinski definition) is 2. The Morgan fingerprint density at radius 2 is 1.87 bits per heavy atom. The van der Waals surface area contributed by atoms with E-state index >= 15 is 0 Å². The van der Waals surface area contributed by atoms with Crippen molar-refractivity contribution in [1.82, 2.24) is 9.62 Å². The molecule has 3 rings (SSSR count). The summed E-state index contributed by atoms with van der Waals surface area (Å²) in [6, 6.07) is 5.85. The van der Waals surface area contributed by atoms with Crippen molar-refractivity contribution < 1.29 is 18.0 Å². The van der Waals surface area contributed by atoms with Crippen molar-refractivity contribution >= 4 is 27.5 Å². The molecule has 8 heteroatoms.